The molecule has 2 aromatic heterocycles. The molecule has 1 N–H and O–H groups in total. The van der Waals surface area contributed by atoms with E-state index in [9.17, 15) is 0 Å². The minimum absolute atomic E-state index is 0.748. The van der Waals surface area contributed by atoms with Crippen LogP contribution in [0.25, 0.3) is 27.5 Å². The summed E-state index contributed by atoms with van der Waals surface area (Å²) in [4.78, 5) is 0. The second kappa shape index (κ2) is 7.69. The first kappa shape index (κ1) is 17.3. The van der Waals surface area contributed by atoms with E-state index in [0.717, 1.165) is 38.3 Å². The molecule has 0 aliphatic carbocycles. The lowest BCUT2D eigenvalue weighted by molar-refractivity contribution is 0.884. The zero-order valence-corrected chi connectivity index (χ0v) is 16.3. The first-order chi connectivity index (χ1) is 14.4. The van der Waals surface area contributed by atoms with Crippen LogP contribution >= 0.6 is 11.3 Å². The molecule has 0 aliphatic heterocycles. The van der Waals surface area contributed by atoms with Crippen LogP contribution in [0.5, 0.6) is 0 Å². The Morgan fingerprint density at radius 2 is 1.38 bits per heavy atom. The van der Waals surface area contributed by atoms with Crippen LogP contribution in [0.1, 0.15) is 0 Å². The number of nitrogens with one attached hydrogen (secondary N) is 1. The van der Waals surface area contributed by atoms with Crippen molar-refractivity contribution in [1.29, 1.82) is 0 Å². The van der Waals surface area contributed by atoms with E-state index >= 15 is 0 Å². The highest BCUT2D eigenvalue weighted by atomic mass is 32.1. The molecule has 140 valence electrons. The van der Waals surface area contributed by atoms with Crippen molar-refractivity contribution in [2.45, 2.75) is 0 Å². The number of benzene rings is 3. The molecule has 0 spiro atoms. The van der Waals surface area contributed by atoms with Gasteiger partial charge in [-0.3, -0.25) is 0 Å². The molecular formula is C23H17N5S. The molecule has 0 amide bonds. The van der Waals surface area contributed by atoms with Gasteiger partial charge in [-0.15, -0.1) is 10.2 Å². The maximum absolute atomic E-state index is 4.86. The lowest BCUT2D eigenvalue weighted by atomic mass is 10.1. The standard InChI is InChI=1S/C23H17N5S/c1-4-10-17(11-5-1)21-20(16-28(27-21)19-14-8-3-9-15-19)22-25-26-23(29-22)24-18-12-6-2-7-13-18/h1-16H,(H,24,26). The van der Waals surface area contributed by atoms with E-state index in [1.807, 2.05) is 89.7 Å². The lowest BCUT2D eigenvalue weighted by Gasteiger charge is -2.00. The average molecular weight is 395 g/mol. The highest BCUT2D eigenvalue weighted by Crippen LogP contribution is 2.35. The first-order valence-electron chi connectivity index (χ1n) is 9.23. The Labute approximate surface area is 172 Å². The van der Waals surface area contributed by atoms with E-state index in [-0.39, 0.29) is 0 Å². The van der Waals surface area contributed by atoms with Crippen LogP contribution < -0.4 is 5.32 Å². The van der Waals surface area contributed by atoms with Crippen LogP contribution in [0.4, 0.5) is 10.8 Å². The van der Waals surface area contributed by atoms with Crippen LogP contribution in [0.15, 0.2) is 97.2 Å². The third kappa shape index (κ3) is 3.66. The van der Waals surface area contributed by atoms with Crippen LogP contribution in [0.3, 0.4) is 0 Å². The van der Waals surface area contributed by atoms with Gasteiger partial charge in [0.05, 0.1) is 11.3 Å². The van der Waals surface area contributed by atoms with Crippen molar-refractivity contribution in [3.8, 4) is 27.5 Å². The fourth-order valence-corrected chi connectivity index (χ4v) is 3.85. The number of hydrogen-bond acceptors (Lipinski definition) is 5. The number of anilines is 2. The maximum atomic E-state index is 4.86. The summed E-state index contributed by atoms with van der Waals surface area (Å²) in [5, 5.41) is 18.5. The quantitative estimate of drug-likeness (QED) is 0.408. The van der Waals surface area contributed by atoms with Gasteiger partial charge in [-0.2, -0.15) is 5.10 Å². The van der Waals surface area contributed by atoms with E-state index in [2.05, 4.69) is 27.6 Å². The van der Waals surface area contributed by atoms with E-state index in [4.69, 9.17) is 5.10 Å². The fourth-order valence-electron chi connectivity index (χ4n) is 3.08. The minimum atomic E-state index is 0.748. The SMILES string of the molecule is c1ccc(Nc2nnc(-c3cn(-c4ccccc4)nc3-c3ccccc3)s2)cc1. The molecule has 5 rings (SSSR count). The Morgan fingerprint density at radius 3 is 2.10 bits per heavy atom. The van der Waals surface area contributed by atoms with Gasteiger partial charge in [0.15, 0.2) is 5.01 Å². The molecule has 0 saturated carbocycles. The van der Waals surface area contributed by atoms with Gasteiger partial charge >= 0.3 is 0 Å². The zero-order chi connectivity index (χ0) is 19.5. The van der Waals surface area contributed by atoms with Gasteiger partial charge in [0.1, 0.15) is 5.69 Å². The number of para-hydroxylation sites is 2. The predicted molar refractivity (Wildman–Crippen MR) is 118 cm³/mol. The molecule has 0 saturated heterocycles. The largest absolute Gasteiger partial charge is 0.330 e. The summed E-state index contributed by atoms with van der Waals surface area (Å²) in [5.41, 5.74) is 4.88. The van der Waals surface area contributed by atoms with Crippen molar-refractivity contribution in [2.24, 2.45) is 0 Å². The Bertz CT molecular complexity index is 1210. The summed E-state index contributed by atoms with van der Waals surface area (Å²) in [5.74, 6) is 0. The van der Waals surface area contributed by atoms with Gasteiger partial charge in [-0.05, 0) is 24.3 Å². The zero-order valence-electron chi connectivity index (χ0n) is 15.4. The van der Waals surface area contributed by atoms with Crippen LogP contribution in [-0.2, 0) is 0 Å². The Kier molecular flexibility index (Phi) is 4.60. The van der Waals surface area contributed by atoms with Gasteiger partial charge in [0.25, 0.3) is 0 Å². The number of rotatable bonds is 5. The molecule has 0 aliphatic rings. The molecule has 5 aromatic rings. The van der Waals surface area contributed by atoms with Crippen molar-refractivity contribution in [1.82, 2.24) is 20.0 Å². The number of nitrogens with zero attached hydrogens (tertiary/aromatic N) is 4. The maximum Gasteiger partial charge on any atom is 0.210 e. The molecule has 0 bridgehead atoms. The lowest BCUT2D eigenvalue weighted by Crippen LogP contribution is -1.93. The smallest absolute Gasteiger partial charge is 0.210 e. The average Bonchev–Trinajstić information content (AvgIpc) is 3.43. The molecule has 0 unspecified atom stereocenters. The first-order valence-corrected chi connectivity index (χ1v) is 10.0. The van der Waals surface area contributed by atoms with E-state index in [0.29, 0.717) is 0 Å². The molecular weight excluding hydrogens is 378 g/mol. The van der Waals surface area contributed by atoms with Crippen molar-refractivity contribution < 1.29 is 0 Å². The summed E-state index contributed by atoms with van der Waals surface area (Å²) in [6.07, 6.45) is 2.02. The van der Waals surface area contributed by atoms with Crippen LogP contribution in [0, 0.1) is 0 Å². The summed E-state index contributed by atoms with van der Waals surface area (Å²) in [7, 11) is 0. The topological polar surface area (TPSA) is 55.6 Å². The normalized spacial score (nSPS) is 10.8. The van der Waals surface area contributed by atoms with Crippen molar-refractivity contribution in [3.05, 3.63) is 97.2 Å². The molecule has 29 heavy (non-hydrogen) atoms. The third-order valence-corrected chi connectivity index (χ3v) is 5.33. The second-order valence-corrected chi connectivity index (χ2v) is 7.42. The van der Waals surface area contributed by atoms with Gasteiger partial charge < -0.3 is 5.32 Å². The summed E-state index contributed by atoms with van der Waals surface area (Å²) in [6, 6.07) is 30.2. The second-order valence-electron chi connectivity index (χ2n) is 6.44. The number of aromatic nitrogens is 4. The van der Waals surface area contributed by atoms with Gasteiger partial charge in [-0.1, -0.05) is 78.1 Å². The molecule has 0 fully saturated rings. The Morgan fingerprint density at radius 1 is 0.724 bits per heavy atom. The molecule has 0 radical (unpaired) electrons. The fraction of sp³-hybridized carbons (Fsp3) is 0. The summed E-state index contributed by atoms with van der Waals surface area (Å²) in [6.45, 7) is 0. The van der Waals surface area contributed by atoms with E-state index < -0.39 is 0 Å². The molecule has 5 nitrogen and oxygen atoms in total. The van der Waals surface area contributed by atoms with Crippen LogP contribution in [0.2, 0.25) is 0 Å². The number of hydrogen-bond donors (Lipinski definition) is 1. The Balaban J connectivity index is 1.56. The summed E-state index contributed by atoms with van der Waals surface area (Å²) < 4.78 is 1.89. The molecule has 0 atom stereocenters. The molecule has 6 heteroatoms. The minimum Gasteiger partial charge on any atom is -0.330 e. The monoisotopic (exact) mass is 395 g/mol. The Hall–Kier alpha value is -3.77. The predicted octanol–water partition coefficient (Wildman–Crippen LogP) is 5.80. The highest BCUT2D eigenvalue weighted by molar-refractivity contribution is 7.18. The van der Waals surface area contributed by atoms with Crippen LogP contribution in [-0.4, -0.2) is 20.0 Å². The van der Waals surface area contributed by atoms with Gasteiger partial charge in [0.2, 0.25) is 5.13 Å². The summed E-state index contributed by atoms with van der Waals surface area (Å²) >= 11 is 1.51. The van der Waals surface area contributed by atoms with Crippen molar-refractivity contribution >= 4 is 22.2 Å². The third-order valence-electron chi connectivity index (χ3n) is 4.46. The van der Waals surface area contributed by atoms with Crippen molar-refractivity contribution in [3.63, 3.8) is 0 Å². The van der Waals surface area contributed by atoms with Gasteiger partial charge in [0, 0.05) is 17.4 Å². The molecule has 3 aromatic carbocycles. The van der Waals surface area contributed by atoms with E-state index in [1.165, 1.54) is 11.3 Å². The molecule has 2 heterocycles. The highest BCUT2D eigenvalue weighted by Gasteiger charge is 2.18. The van der Waals surface area contributed by atoms with Gasteiger partial charge in [-0.25, -0.2) is 4.68 Å². The van der Waals surface area contributed by atoms with E-state index in [1.54, 1.807) is 0 Å². The van der Waals surface area contributed by atoms with Crippen molar-refractivity contribution in [2.75, 3.05) is 5.32 Å².